The van der Waals surface area contributed by atoms with Crippen LogP contribution in [-0.4, -0.2) is 23.3 Å². The topological polar surface area (TPSA) is 57.2 Å². The smallest absolute Gasteiger partial charge is 0.225 e. The van der Waals surface area contributed by atoms with E-state index in [4.69, 9.17) is 10.5 Å². The van der Waals surface area contributed by atoms with Crippen LogP contribution in [0.5, 0.6) is 0 Å². The van der Waals surface area contributed by atoms with Gasteiger partial charge in [-0.2, -0.15) is 0 Å². The summed E-state index contributed by atoms with van der Waals surface area (Å²) in [5.41, 5.74) is 9.05. The second-order valence-electron chi connectivity index (χ2n) is 6.28. The summed E-state index contributed by atoms with van der Waals surface area (Å²) in [4.78, 5) is 12.1. The third-order valence-corrected chi connectivity index (χ3v) is 5.75. The maximum absolute atomic E-state index is 12.1. The molecule has 128 valence electrons. The lowest BCUT2D eigenvalue weighted by Gasteiger charge is -2.20. The SMILES string of the molecule is COC1C=CC=c2c1c1c(n2Cc2ccccc2)=CSCC1C(N)=O. The molecule has 0 spiro atoms. The molecule has 1 aliphatic heterocycles. The highest BCUT2D eigenvalue weighted by Gasteiger charge is 2.32. The van der Waals surface area contributed by atoms with Crippen LogP contribution in [0.4, 0.5) is 0 Å². The molecule has 1 aromatic heterocycles. The van der Waals surface area contributed by atoms with E-state index in [0.717, 1.165) is 28.4 Å². The minimum Gasteiger partial charge on any atom is -0.373 e. The number of hydrogen-bond donors (Lipinski definition) is 1. The van der Waals surface area contributed by atoms with Crippen LogP contribution in [0.3, 0.4) is 0 Å². The molecule has 2 unspecified atom stereocenters. The van der Waals surface area contributed by atoms with Crippen LogP contribution in [0, 0.1) is 0 Å². The van der Waals surface area contributed by atoms with Crippen LogP contribution < -0.4 is 16.4 Å². The number of carbonyl (C=O) groups is 1. The molecular weight excluding hydrogens is 332 g/mol. The fraction of sp³-hybridized carbons (Fsp3) is 0.250. The molecule has 4 rings (SSSR count). The number of benzene rings is 1. The second-order valence-corrected chi connectivity index (χ2v) is 7.19. The van der Waals surface area contributed by atoms with E-state index in [-0.39, 0.29) is 17.9 Å². The summed E-state index contributed by atoms with van der Waals surface area (Å²) in [6.45, 7) is 0.752. The minimum atomic E-state index is -0.284. The lowest BCUT2D eigenvalue weighted by atomic mass is 9.93. The number of allylic oxidation sites excluding steroid dienone is 1. The zero-order chi connectivity index (χ0) is 17.4. The van der Waals surface area contributed by atoms with Gasteiger partial charge in [0.2, 0.25) is 5.91 Å². The Bertz CT molecular complexity index is 960. The molecule has 1 aromatic carbocycles. The monoisotopic (exact) mass is 352 g/mol. The first-order chi connectivity index (χ1) is 12.2. The van der Waals surface area contributed by atoms with Gasteiger partial charge in [0.1, 0.15) is 6.10 Å². The highest BCUT2D eigenvalue weighted by molar-refractivity contribution is 8.06. The fourth-order valence-corrected chi connectivity index (χ4v) is 4.71. The second kappa shape index (κ2) is 6.58. The van der Waals surface area contributed by atoms with Crippen LogP contribution >= 0.6 is 11.8 Å². The van der Waals surface area contributed by atoms with Crippen molar-refractivity contribution in [2.45, 2.75) is 18.6 Å². The lowest BCUT2D eigenvalue weighted by Crippen LogP contribution is -2.33. The Kier molecular flexibility index (Phi) is 4.27. The summed E-state index contributed by atoms with van der Waals surface area (Å²) in [5, 5.41) is 4.33. The summed E-state index contributed by atoms with van der Waals surface area (Å²) in [6.07, 6.45) is 6.00. The van der Waals surface area contributed by atoms with Crippen molar-refractivity contribution in [2.24, 2.45) is 5.73 Å². The van der Waals surface area contributed by atoms with E-state index in [0.29, 0.717) is 5.75 Å². The first-order valence-corrected chi connectivity index (χ1v) is 9.34. The molecule has 2 aromatic rings. The molecule has 25 heavy (non-hydrogen) atoms. The number of ether oxygens (including phenoxy) is 1. The number of thioether (sulfide) groups is 1. The van der Waals surface area contributed by atoms with Crippen molar-refractivity contribution in [3.8, 4) is 0 Å². The van der Waals surface area contributed by atoms with Gasteiger partial charge in [-0.15, -0.1) is 11.8 Å². The molecule has 0 fully saturated rings. The summed E-state index contributed by atoms with van der Waals surface area (Å²) in [7, 11) is 1.70. The van der Waals surface area contributed by atoms with Crippen LogP contribution in [0.25, 0.3) is 11.5 Å². The quantitative estimate of drug-likeness (QED) is 0.910. The number of methoxy groups -OCH3 is 1. The first-order valence-electron chi connectivity index (χ1n) is 8.29. The maximum Gasteiger partial charge on any atom is 0.225 e. The summed E-state index contributed by atoms with van der Waals surface area (Å²) < 4.78 is 7.96. The van der Waals surface area contributed by atoms with Gasteiger partial charge in [0, 0.05) is 30.3 Å². The predicted molar refractivity (Wildman–Crippen MR) is 101 cm³/mol. The van der Waals surface area contributed by atoms with Crippen molar-refractivity contribution in [1.29, 1.82) is 0 Å². The standard InChI is InChI=1S/C20H20N2O2S/c1-24-17-9-5-8-15-19(17)18-14(20(21)23)11-25-12-16(18)22(15)10-13-6-3-2-4-7-13/h2-9,12,14,17H,10-11H2,1H3,(H2,21,23). The zero-order valence-corrected chi connectivity index (χ0v) is 14.8. The highest BCUT2D eigenvalue weighted by atomic mass is 32.2. The van der Waals surface area contributed by atoms with Gasteiger partial charge >= 0.3 is 0 Å². The van der Waals surface area contributed by atoms with E-state index in [1.165, 1.54) is 5.56 Å². The van der Waals surface area contributed by atoms with Gasteiger partial charge < -0.3 is 15.0 Å². The Labute approximate surface area is 150 Å². The molecule has 1 amide bonds. The molecule has 0 radical (unpaired) electrons. The molecule has 2 atom stereocenters. The molecule has 0 saturated carbocycles. The van der Waals surface area contributed by atoms with Crippen molar-refractivity contribution < 1.29 is 9.53 Å². The van der Waals surface area contributed by atoms with E-state index in [2.05, 4.69) is 28.2 Å². The minimum absolute atomic E-state index is 0.149. The van der Waals surface area contributed by atoms with Gasteiger partial charge in [-0.05, 0) is 22.6 Å². The molecular formula is C20H20N2O2S. The van der Waals surface area contributed by atoms with E-state index < -0.39 is 0 Å². The third-order valence-electron chi connectivity index (χ3n) is 4.84. The van der Waals surface area contributed by atoms with E-state index >= 15 is 0 Å². The number of primary amides is 1. The number of nitrogens with zero attached hydrogens (tertiary/aromatic N) is 1. The van der Waals surface area contributed by atoms with Crippen molar-refractivity contribution in [1.82, 2.24) is 4.57 Å². The van der Waals surface area contributed by atoms with Gasteiger partial charge in [-0.25, -0.2) is 0 Å². The van der Waals surface area contributed by atoms with Crippen molar-refractivity contribution in [2.75, 3.05) is 12.9 Å². The summed E-state index contributed by atoms with van der Waals surface area (Å²) in [6, 6.07) is 10.3. The zero-order valence-electron chi connectivity index (χ0n) is 14.0. The highest BCUT2D eigenvalue weighted by Crippen LogP contribution is 2.31. The van der Waals surface area contributed by atoms with Crippen molar-refractivity contribution in [3.63, 3.8) is 0 Å². The predicted octanol–water partition coefficient (Wildman–Crippen LogP) is 1.63. The van der Waals surface area contributed by atoms with Crippen molar-refractivity contribution in [3.05, 3.63) is 69.9 Å². The Morgan fingerprint density at radius 3 is 2.80 bits per heavy atom. The van der Waals surface area contributed by atoms with E-state index in [9.17, 15) is 4.79 Å². The van der Waals surface area contributed by atoms with Gasteiger partial charge in [0.25, 0.3) is 0 Å². The molecule has 0 saturated heterocycles. The Morgan fingerprint density at radius 1 is 1.28 bits per heavy atom. The van der Waals surface area contributed by atoms with Gasteiger partial charge in [-0.1, -0.05) is 42.5 Å². The molecule has 1 aliphatic carbocycles. The number of aromatic nitrogens is 1. The number of amides is 1. The Hall–Kier alpha value is -2.24. The number of fused-ring (bicyclic) bond motifs is 3. The molecule has 4 nitrogen and oxygen atoms in total. The van der Waals surface area contributed by atoms with Gasteiger partial charge in [-0.3, -0.25) is 4.79 Å². The number of hydrogen-bond acceptors (Lipinski definition) is 3. The van der Waals surface area contributed by atoms with Gasteiger partial charge in [0.15, 0.2) is 0 Å². The van der Waals surface area contributed by atoms with E-state index in [1.807, 2.05) is 30.4 Å². The Morgan fingerprint density at radius 2 is 2.08 bits per heavy atom. The largest absolute Gasteiger partial charge is 0.373 e. The van der Waals surface area contributed by atoms with Crippen LogP contribution in [0.15, 0.2) is 42.5 Å². The van der Waals surface area contributed by atoms with Crippen LogP contribution in [0.2, 0.25) is 0 Å². The van der Waals surface area contributed by atoms with Crippen LogP contribution in [-0.2, 0) is 16.1 Å². The molecule has 5 heteroatoms. The molecule has 2 N–H and O–H groups in total. The fourth-order valence-electron chi connectivity index (χ4n) is 3.68. The number of carbonyl (C=O) groups excluding carboxylic acids is 1. The molecule has 0 bridgehead atoms. The van der Waals surface area contributed by atoms with Gasteiger partial charge in [0.05, 0.1) is 11.3 Å². The van der Waals surface area contributed by atoms with Crippen molar-refractivity contribution >= 4 is 29.2 Å². The lowest BCUT2D eigenvalue weighted by molar-refractivity contribution is -0.119. The summed E-state index contributed by atoms with van der Waals surface area (Å²) >= 11 is 1.65. The van der Waals surface area contributed by atoms with E-state index in [1.54, 1.807) is 18.9 Å². The average molecular weight is 352 g/mol. The maximum atomic E-state index is 12.1. The number of rotatable bonds is 4. The third kappa shape index (κ3) is 2.73. The first kappa shape index (κ1) is 16.2. The number of nitrogens with two attached hydrogens (primary N) is 1. The average Bonchev–Trinajstić information content (AvgIpc) is 2.96. The normalized spacial score (nSPS) is 21.0. The Balaban J connectivity index is 1.97. The van der Waals surface area contributed by atoms with Crippen LogP contribution in [0.1, 0.15) is 28.7 Å². The summed E-state index contributed by atoms with van der Waals surface area (Å²) in [5.74, 6) is 0.129. The molecule has 2 aliphatic rings. The molecule has 2 heterocycles.